The van der Waals surface area contributed by atoms with E-state index >= 15 is 0 Å². The molecule has 1 heteroatoms. The van der Waals surface area contributed by atoms with Crippen LogP contribution in [0.4, 0.5) is 0 Å². The predicted molar refractivity (Wildman–Crippen MR) is 85.3 cm³/mol. The number of benzene rings is 1. The summed E-state index contributed by atoms with van der Waals surface area (Å²) >= 11 is 0. The Bertz CT molecular complexity index is 625. The minimum absolute atomic E-state index is 0.136. The first-order valence-corrected chi connectivity index (χ1v) is 8.40. The molecule has 3 unspecified atom stereocenters. The number of allylic oxidation sites excluding steroid dienone is 2. The summed E-state index contributed by atoms with van der Waals surface area (Å²) in [4.78, 5) is 12.5. The first kappa shape index (κ1) is 13.3. The average molecular weight is 280 g/mol. The smallest absolute Gasteiger partial charge is 0.138 e. The van der Waals surface area contributed by atoms with Gasteiger partial charge in [0.15, 0.2) is 0 Å². The number of ketones is 1. The van der Waals surface area contributed by atoms with Crippen molar-refractivity contribution in [2.75, 3.05) is 0 Å². The molecule has 0 saturated heterocycles. The highest BCUT2D eigenvalue weighted by Crippen LogP contribution is 2.57. The molecule has 1 spiro atoms. The highest BCUT2D eigenvalue weighted by molar-refractivity contribution is 5.86. The normalized spacial score (nSPS) is 33.2. The van der Waals surface area contributed by atoms with Crippen LogP contribution in [0.2, 0.25) is 0 Å². The molecule has 2 bridgehead atoms. The minimum atomic E-state index is 0.136. The Kier molecular flexibility index (Phi) is 2.89. The van der Waals surface area contributed by atoms with Crippen molar-refractivity contribution in [2.24, 2.45) is 17.8 Å². The molecule has 1 fully saturated rings. The molecular formula is C20H24O. The highest BCUT2D eigenvalue weighted by atomic mass is 16.1. The molecular weight excluding hydrogens is 256 g/mol. The van der Waals surface area contributed by atoms with Crippen molar-refractivity contribution >= 4 is 5.78 Å². The fourth-order valence-electron chi connectivity index (χ4n) is 5.12. The van der Waals surface area contributed by atoms with Gasteiger partial charge in [0, 0.05) is 18.3 Å². The number of fused-ring (bicyclic) bond motifs is 5. The molecule has 0 aromatic heterocycles. The molecule has 0 heterocycles. The maximum atomic E-state index is 12.5. The minimum Gasteiger partial charge on any atom is -0.299 e. The Morgan fingerprint density at radius 1 is 1.29 bits per heavy atom. The second kappa shape index (κ2) is 4.56. The zero-order valence-corrected chi connectivity index (χ0v) is 13.1. The molecule has 1 aromatic rings. The lowest BCUT2D eigenvalue weighted by Crippen LogP contribution is -2.39. The number of hydrogen-bond acceptors (Lipinski definition) is 1. The summed E-state index contributed by atoms with van der Waals surface area (Å²) in [6, 6.07) is 6.79. The van der Waals surface area contributed by atoms with E-state index in [1.807, 2.05) is 0 Å². The van der Waals surface area contributed by atoms with E-state index < -0.39 is 0 Å². The molecule has 3 aliphatic carbocycles. The number of carbonyl (C=O) groups excluding carboxylic acids is 1. The average Bonchev–Trinajstić information content (AvgIpc) is 3.00. The van der Waals surface area contributed by atoms with Gasteiger partial charge >= 0.3 is 0 Å². The van der Waals surface area contributed by atoms with E-state index in [4.69, 9.17) is 0 Å². The largest absolute Gasteiger partial charge is 0.299 e. The molecule has 3 aliphatic rings. The predicted octanol–water partition coefficient (Wildman–Crippen LogP) is 4.23. The summed E-state index contributed by atoms with van der Waals surface area (Å²) in [5, 5.41) is 0. The molecule has 4 rings (SSSR count). The lowest BCUT2D eigenvalue weighted by Gasteiger charge is -2.41. The second-order valence-corrected chi connectivity index (χ2v) is 7.78. The third-order valence-corrected chi connectivity index (χ3v) is 5.83. The molecule has 1 nitrogen and oxygen atoms in total. The second-order valence-electron chi connectivity index (χ2n) is 7.78. The van der Waals surface area contributed by atoms with E-state index in [0.717, 1.165) is 12.8 Å². The number of rotatable bonds is 2. The number of carbonyl (C=O) groups is 1. The van der Waals surface area contributed by atoms with Gasteiger partial charge in [-0.25, -0.2) is 0 Å². The van der Waals surface area contributed by atoms with Crippen LogP contribution in [-0.2, 0) is 23.1 Å². The van der Waals surface area contributed by atoms with Crippen molar-refractivity contribution < 1.29 is 4.79 Å². The molecule has 0 N–H and O–H groups in total. The van der Waals surface area contributed by atoms with Crippen molar-refractivity contribution in [3.05, 3.63) is 47.0 Å². The summed E-state index contributed by atoms with van der Waals surface area (Å²) in [5.41, 5.74) is 4.44. The fraction of sp³-hybridized carbons (Fsp3) is 0.550. The molecule has 21 heavy (non-hydrogen) atoms. The summed E-state index contributed by atoms with van der Waals surface area (Å²) in [5.74, 6) is 2.41. The summed E-state index contributed by atoms with van der Waals surface area (Å²) in [6.45, 7) is 4.53. The van der Waals surface area contributed by atoms with Gasteiger partial charge in [0.05, 0.1) is 0 Å². The van der Waals surface area contributed by atoms with Gasteiger partial charge in [0.2, 0.25) is 0 Å². The van der Waals surface area contributed by atoms with Gasteiger partial charge in [0.25, 0.3) is 0 Å². The van der Waals surface area contributed by atoms with Crippen molar-refractivity contribution in [3.8, 4) is 0 Å². The Morgan fingerprint density at radius 3 is 2.81 bits per heavy atom. The van der Waals surface area contributed by atoms with Gasteiger partial charge in [-0.05, 0) is 53.7 Å². The molecule has 3 atom stereocenters. The van der Waals surface area contributed by atoms with Crippen LogP contribution in [0, 0.1) is 17.8 Å². The molecule has 0 amide bonds. The molecule has 1 saturated carbocycles. The van der Waals surface area contributed by atoms with Crippen molar-refractivity contribution in [1.29, 1.82) is 0 Å². The standard InChI is InChI=1S/C20H24O/c1-13(2)8-15-4-3-5-19-18(15)10-17(21)12-20(19)11-14-6-7-16(20)9-14/h3-7,13-14,16H,8-12H2,1-2H3. The van der Waals surface area contributed by atoms with Crippen LogP contribution >= 0.6 is 0 Å². The third kappa shape index (κ3) is 1.93. The monoisotopic (exact) mass is 280 g/mol. The maximum absolute atomic E-state index is 12.5. The summed E-state index contributed by atoms with van der Waals surface area (Å²) in [6.07, 6.45) is 9.77. The lowest BCUT2D eigenvalue weighted by atomic mass is 9.62. The fourth-order valence-corrected chi connectivity index (χ4v) is 5.12. The summed E-state index contributed by atoms with van der Waals surface area (Å²) < 4.78 is 0. The van der Waals surface area contributed by atoms with E-state index in [1.165, 1.54) is 29.5 Å². The van der Waals surface area contributed by atoms with Gasteiger partial charge in [-0.3, -0.25) is 4.79 Å². The van der Waals surface area contributed by atoms with Crippen LogP contribution in [-0.4, -0.2) is 5.78 Å². The highest BCUT2D eigenvalue weighted by Gasteiger charge is 2.52. The topological polar surface area (TPSA) is 17.1 Å². The number of hydrogen-bond donors (Lipinski definition) is 0. The Labute approximate surface area is 127 Å². The zero-order valence-electron chi connectivity index (χ0n) is 13.1. The van der Waals surface area contributed by atoms with Gasteiger partial charge in [0.1, 0.15) is 5.78 Å². The van der Waals surface area contributed by atoms with Crippen LogP contribution in [0.3, 0.4) is 0 Å². The molecule has 0 aliphatic heterocycles. The quantitative estimate of drug-likeness (QED) is 0.741. The first-order valence-electron chi connectivity index (χ1n) is 8.40. The van der Waals surface area contributed by atoms with Crippen LogP contribution in [0.25, 0.3) is 0 Å². The van der Waals surface area contributed by atoms with Crippen LogP contribution in [0.15, 0.2) is 30.4 Å². The van der Waals surface area contributed by atoms with Crippen LogP contribution in [0.5, 0.6) is 0 Å². The van der Waals surface area contributed by atoms with Crippen LogP contribution in [0.1, 0.15) is 49.8 Å². The summed E-state index contributed by atoms with van der Waals surface area (Å²) in [7, 11) is 0. The van der Waals surface area contributed by atoms with Gasteiger partial charge in [-0.1, -0.05) is 44.2 Å². The van der Waals surface area contributed by atoms with E-state index in [0.29, 0.717) is 30.0 Å². The van der Waals surface area contributed by atoms with E-state index in [1.54, 1.807) is 0 Å². The maximum Gasteiger partial charge on any atom is 0.138 e. The van der Waals surface area contributed by atoms with E-state index in [-0.39, 0.29) is 5.41 Å². The SMILES string of the molecule is CC(C)Cc1cccc2c1CC(=O)CC21CC2C=CC1C2. The van der Waals surface area contributed by atoms with E-state index in [2.05, 4.69) is 44.2 Å². The van der Waals surface area contributed by atoms with Gasteiger partial charge in [-0.2, -0.15) is 0 Å². The van der Waals surface area contributed by atoms with Crippen molar-refractivity contribution in [3.63, 3.8) is 0 Å². The van der Waals surface area contributed by atoms with Gasteiger partial charge in [-0.15, -0.1) is 0 Å². The van der Waals surface area contributed by atoms with Crippen molar-refractivity contribution in [1.82, 2.24) is 0 Å². The molecule has 0 radical (unpaired) electrons. The Morgan fingerprint density at radius 2 is 2.14 bits per heavy atom. The molecule has 1 aromatic carbocycles. The first-order chi connectivity index (χ1) is 10.1. The lowest BCUT2D eigenvalue weighted by molar-refractivity contribution is -0.120. The Balaban J connectivity index is 1.85. The van der Waals surface area contributed by atoms with E-state index in [9.17, 15) is 4.79 Å². The van der Waals surface area contributed by atoms with Crippen LogP contribution < -0.4 is 0 Å². The van der Waals surface area contributed by atoms with Gasteiger partial charge < -0.3 is 0 Å². The zero-order chi connectivity index (χ0) is 14.6. The van der Waals surface area contributed by atoms with Crippen molar-refractivity contribution in [2.45, 2.75) is 51.4 Å². The third-order valence-electron chi connectivity index (χ3n) is 5.83. The number of Topliss-reactive ketones (excluding diaryl/α,β-unsaturated/α-hetero) is 1. The Hall–Kier alpha value is -1.37. The molecule has 110 valence electrons.